The van der Waals surface area contributed by atoms with Crippen LogP contribution in [0.15, 0.2) is 47.0 Å². The summed E-state index contributed by atoms with van der Waals surface area (Å²) in [5.74, 6) is 0.416. The number of methoxy groups -OCH3 is 1. The maximum atomic E-state index is 12.2. The number of pyridine rings is 1. The molecule has 0 saturated heterocycles. The largest absolute Gasteiger partial charge is 0.497 e. The molecule has 0 amide bonds. The first-order valence-electron chi connectivity index (χ1n) is 6.93. The van der Waals surface area contributed by atoms with E-state index in [-0.39, 0.29) is 12.4 Å². The molecule has 2 aromatic heterocycles. The van der Waals surface area contributed by atoms with Crippen LogP contribution in [0.4, 0.5) is 0 Å². The van der Waals surface area contributed by atoms with Crippen molar-refractivity contribution in [2.24, 2.45) is 0 Å². The predicted molar refractivity (Wildman–Crippen MR) is 82.0 cm³/mol. The Morgan fingerprint density at radius 3 is 2.68 bits per heavy atom. The van der Waals surface area contributed by atoms with Crippen molar-refractivity contribution in [1.29, 1.82) is 0 Å². The van der Waals surface area contributed by atoms with Crippen LogP contribution in [-0.4, -0.2) is 24.7 Å². The van der Waals surface area contributed by atoms with Crippen molar-refractivity contribution in [1.82, 2.24) is 4.98 Å². The van der Waals surface area contributed by atoms with Crippen molar-refractivity contribution in [3.8, 4) is 16.9 Å². The molecule has 5 nitrogen and oxygen atoms in total. The number of benzene rings is 1. The minimum Gasteiger partial charge on any atom is -0.497 e. The van der Waals surface area contributed by atoms with E-state index in [1.165, 1.54) is 0 Å². The molecule has 0 unspecified atom stereocenters. The predicted octanol–water partition coefficient (Wildman–Crippen LogP) is 3.68. The number of fused-ring (bicyclic) bond motifs is 1. The van der Waals surface area contributed by atoms with Crippen LogP contribution in [-0.2, 0) is 4.74 Å². The number of hydrogen-bond acceptors (Lipinski definition) is 5. The van der Waals surface area contributed by atoms with E-state index in [1.54, 1.807) is 26.3 Å². The first-order chi connectivity index (χ1) is 10.7. The summed E-state index contributed by atoms with van der Waals surface area (Å²) in [4.78, 5) is 16.3. The summed E-state index contributed by atoms with van der Waals surface area (Å²) < 4.78 is 15.8. The monoisotopic (exact) mass is 297 g/mol. The lowest BCUT2D eigenvalue weighted by molar-refractivity contribution is 0.0493. The van der Waals surface area contributed by atoms with Gasteiger partial charge in [-0.2, -0.15) is 0 Å². The van der Waals surface area contributed by atoms with Crippen LogP contribution < -0.4 is 4.74 Å². The molecule has 0 N–H and O–H groups in total. The highest BCUT2D eigenvalue weighted by molar-refractivity contribution is 6.05. The van der Waals surface area contributed by atoms with Gasteiger partial charge in [-0.05, 0) is 36.8 Å². The molecule has 0 spiro atoms. The second kappa shape index (κ2) is 5.89. The van der Waals surface area contributed by atoms with Gasteiger partial charge in [0.15, 0.2) is 0 Å². The lowest BCUT2D eigenvalue weighted by Crippen LogP contribution is -2.04. The molecule has 1 aromatic carbocycles. The van der Waals surface area contributed by atoms with Gasteiger partial charge in [0.25, 0.3) is 0 Å². The van der Waals surface area contributed by atoms with Crippen molar-refractivity contribution >= 4 is 17.1 Å². The normalized spacial score (nSPS) is 10.6. The van der Waals surface area contributed by atoms with E-state index < -0.39 is 5.97 Å². The Hall–Kier alpha value is -2.82. The first kappa shape index (κ1) is 14.1. The molecule has 0 aliphatic rings. The van der Waals surface area contributed by atoms with Crippen LogP contribution in [0.25, 0.3) is 22.2 Å². The van der Waals surface area contributed by atoms with Crippen molar-refractivity contribution in [3.05, 3.63) is 48.4 Å². The number of furan rings is 1. The Labute approximate surface area is 127 Å². The smallest absolute Gasteiger partial charge is 0.375 e. The molecule has 0 fully saturated rings. The van der Waals surface area contributed by atoms with E-state index in [2.05, 4.69) is 4.98 Å². The summed E-state index contributed by atoms with van der Waals surface area (Å²) >= 11 is 0. The summed E-state index contributed by atoms with van der Waals surface area (Å²) in [5.41, 5.74) is 1.94. The molecule has 0 atom stereocenters. The van der Waals surface area contributed by atoms with Gasteiger partial charge in [0.2, 0.25) is 11.5 Å². The molecule has 112 valence electrons. The van der Waals surface area contributed by atoms with Gasteiger partial charge in [-0.25, -0.2) is 9.78 Å². The zero-order chi connectivity index (χ0) is 15.5. The van der Waals surface area contributed by atoms with Gasteiger partial charge in [-0.3, -0.25) is 0 Å². The second-order valence-electron chi connectivity index (χ2n) is 4.61. The van der Waals surface area contributed by atoms with Crippen molar-refractivity contribution < 1.29 is 18.7 Å². The number of nitrogens with zero attached hydrogens (tertiary/aromatic N) is 1. The van der Waals surface area contributed by atoms with Crippen LogP contribution in [0.5, 0.6) is 5.75 Å². The van der Waals surface area contributed by atoms with Gasteiger partial charge in [0, 0.05) is 17.1 Å². The quantitative estimate of drug-likeness (QED) is 0.687. The van der Waals surface area contributed by atoms with Gasteiger partial charge >= 0.3 is 5.97 Å². The molecule has 22 heavy (non-hydrogen) atoms. The van der Waals surface area contributed by atoms with Crippen LogP contribution in [0, 0.1) is 0 Å². The molecule has 0 bridgehead atoms. The Kier molecular flexibility index (Phi) is 3.78. The fourth-order valence-electron chi connectivity index (χ4n) is 2.32. The third-order valence-electron chi connectivity index (χ3n) is 3.31. The van der Waals surface area contributed by atoms with E-state index in [0.717, 1.165) is 16.7 Å². The third kappa shape index (κ3) is 2.41. The van der Waals surface area contributed by atoms with Crippen LogP contribution in [0.2, 0.25) is 0 Å². The first-order valence-corrected chi connectivity index (χ1v) is 6.93. The number of carbonyl (C=O) groups is 1. The number of rotatable bonds is 4. The van der Waals surface area contributed by atoms with E-state index in [1.807, 2.05) is 30.3 Å². The zero-order valence-corrected chi connectivity index (χ0v) is 12.3. The Balaban J connectivity index is 2.20. The highest BCUT2D eigenvalue weighted by Gasteiger charge is 2.23. The Morgan fingerprint density at radius 2 is 2.00 bits per heavy atom. The molecule has 5 heteroatoms. The average molecular weight is 297 g/mol. The number of hydrogen-bond donors (Lipinski definition) is 0. The van der Waals surface area contributed by atoms with Crippen molar-refractivity contribution in [3.63, 3.8) is 0 Å². The van der Waals surface area contributed by atoms with E-state index in [4.69, 9.17) is 13.9 Å². The standard InChI is InChI=1S/C17H15NO4/c1-3-21-17(19)15-14(11-6-8-12(20-2)9-7-11)13-5-4-10-18-16(13)22-15/h4-10H,3H2,1-2H3. The molecule has 3 aromatic rings. The Bertz CT molecular complexity index is 805. The zero-order valence-electron chi connectivity index (χ0n) is 12.3. The van der Waals surface area contributed by atoms with Crippen LogP contribution in [0.1, 0.15) is 17.5 Å². The topological polar surface area (TPSA) is 61.6 Å². The lowest BCUT2D eigenvalue weighted by atomic mass is 10.0. The fourth-order valence-corrected chi connectivity index (χ4v) is 2.32. The summed E-state index contributed by atoms with van der Waals surface area (Å²) in [7, 11) is 1.61. The molecule has 0 saturated carbocycles. The summed E-state index contributed by atoms with van der Waals surface area (Å²) in [6.07, 6.45) is 1.62. The van der Waals surface area contributed by atoms with Crippen LogP contribution >= 0.6 is 0 Å². The molecule has 3 rings (SSSR count). The third-order valence-corrected chi connectivity index (χ3v) is 3.31. The second-order valence-corrected chi connectivity index (χ2v) is 4.61. The van der Waals surface area contributed by atoms with Gasteiger partial charge in [-0.15, -0.1) is 0 Å². The van der Waals surface area contributed by atoms with Gasteiger partial charge in [-0.1, -0.05) is 12.1 Å². The minimum absolute atomic E-state index is 0.167. The SMILES string of the molecule is CCOC(=O)c1oc2ncccc2c1-c1ccc(OC)cc1. The van der Waals surface area contributed by atoms with E-state index in [0.29, 0.717) is 11.3 Å². The number of esters is 1. The molecular formula is C17H15NO4. The number of ether oxygens (including phenoxy) is 2. The highest BCUT2D eigenvalue weighted by Crippen LogP contribution is 2.35. The van der Waals surface area contributed by atoms with Gasteiger partial charge < -0.3 is 13.9 Å². The Morgan fingerprint density at radius 1 is 1.23 bits per heavy atom. The average Bonchev–Trinajstić information content (AvgIpc) is 2.95. The van der Waals surface area contributed by atoms with E-state index in [9.17, 15) is 4.79 Å². The van der Waals surface area contributed by atoms with E-state index >= 15 is 0 Å². The highest BCUT2D eigenvalue weighted by atomic mass is 16.5. The maximum absolute atomic E-state index is 12.2. The van der Waals surface area contributed by atoms with Crippen LogP contribution in [0.3, 0.4) is 0 Å². The van der Waals surface area contributed by atoms with Crippen molar-refractivity contribution in [2.45, 2.75) is 6.92 Å². The number of aromatic nitrogens is 1. The molecule has 0 aliphatic heterocycles. The molecular weight excluding hydrogens is 282 g/mol. The molecule has 2 heterocycles. The summed E-state index contributed by atoms with van der Waals surface area (Å²) in [5, 5.41) is 0.774. The molecule has 0 aliphatic carbocycles. The fraction of sp³-hybridized carbons (Fsp3) is 0.176. The minimum atomic E-state index is -0.494. The molecule has 0 radical (unpaired) electrons. The number of carbonyl (C=O) groups excluding carboxylic acids is 1. The van der Waals surface area contributed by atoms with Gasteiger partial charge in [0.1, 0.15) is 5.75 Å². The maximum Gasteiger partial charge on any atom is 0.375 e. The van der Waals surface area contributed by atoms with Gasteiger partial charge in [0.05, 0.1) is 13.7 Å². The summed E-state index contributed by atoms with van der Waals surface area (Å²) in [6.45, 7) is 2.04. The summed E-state index contributed by atoms with van der Waals surface area (Å²) in [6, 6.07) is 11.1. The lowest BCUT2D eigenvalue weighted by Gasteiger charge is -2.05. The van der Waals surface area contributed by atoms with Crippen molar-refractivity contribution in [2.75, 3.05) is 13.7 Å².